The Bertz CT molecular complexity index is 905. The summed E-state index contributed by atoms with van der Waals surface area (Å²) >= 11 is 3.22. The van der Waals surface area contributed by atoms with Crippen LogP contribution in [0.3, 0.4) is 0 Å². The lowest BCUT2D eigenvalue weighted by atomic mass is 9.89. The molecule has 0 saturated carbocycles. The molecule has 0 bridgehead atoms. The summed E-state index contributed by atoms with van der Waals surface area (Å²) in [6.45, 7) is 1.78. The molecule has 0 amide bonds. The summed E-state index contributed by atoms with van der Waals surface area (Å²) in [6, 6.07) is 12.9. The van der Waals surface area contributed by atoms with Crippen LogP contribution in [0.25, 0.3) is 0 Å². The van der Waals surface area contributed by atoms with Crippen molar-refractivity contribution in [1.29, 1.82) is 0 Å². The van der Waals surface area contributed by atoms with Gasteiger partial charge in [0.25, 0.3) is 0 Å². The molecule has 1 fully saturated rings. The highest BCUT2D eigenvalue weighted by molar-refractivity contribution is 9.10. The second-order valence-electron chi connectivity index (χ2n) is 6.44. The summed E-state index contributed by atoms with van der Waals surface area (Å²) in [5.74, 6) is 0.155. The van der Waals surface area contributed by atoms with Crippen LogP contribution in [-0.2, 0) is 10.1 Å². The van der Waals surface area contributed by atoms with Gasteiger partial charge >= 0.3 is 10.1 Å². The number of halogens is 1. The van der Waals surface area contributed by atoms with Gasteiger partial charge in [0.2, 0.25) is 0 Å². The second kappa shape index (κ2) is 7.90. The number of nitrogens with zero attached hydrogens (tertiary/aromatic N) is 1. The average molecular weight is 438 g/mol. The highest BCUT2D eigenvalue weighted by atomic mass is 79.9. The first-order valence-electron chi connectivity index (χ1n) is 8.38. The Morgan fingerprint density at radius 3 is 2.50 bits per heavy atom. The molecule has 26 heavy (non-hydrogen) atoms. The van der Waals surface area contributed by atoms with Crippen molar-refractivity contribution in [2.45, 2.75) is 17.7 Å². The topological polar surface area (TPSA) is 63.7 Å². The minimum Gasteiger partial charge on any atom is -0.379 e. The van der Waals surface area contributed by atoms with E-state index in [1.807, 2.05) is 7.05 Å². The Kier molecular flexibility index (Phi) is 5.79. The molecule has 0 unspecified atom stereocenters. The highest BCUT2D eigenvalue weighted by Gasteiger charge is 2.25. The van der Waals surface area contributed by atoms with Crippen LogP contribution < -0.4 is 4.18 Å². The number of hydrogen-bond acceptors (Lipinski definition) is 5. The van der Waals surface area contributed by atoms with Crippen molar-refractivity contribution in [1.82, 2.24) is 4.90 Å². The minimum atomic E-state index is -3.98. The molecular weight excluding hydrogens is 418 g/mol. The maximum Gasteiger partial charge on any atom is 0.340 e. The Hall–Kier alpha value is -1.70. The fraction of sp³-hybridized carbons (Fsp3) is 0.316. The van der Waals surface area contributed by atoms with E-state index in [1.165, 1.54) is 12.1 Å². The van der Waals surface area contributed by atoms with Crippen LogP contribution in [0.15, 0.2) is 57.9 Å². The van der Waals surface area contributed by atoms with Crippen molar-refractivity contribution in [2.75, 3.05) is 20.1 Å². The standard InChI is InChI=1S/C19H20BrNO4S/c1-21-11-9-14(10-12-21)19(22)15-5-4-6-16(13-15)25-26(23,24)18-8-3-2-7-17(18)20/h2-8,13-14H,9-12H2,1H3. The van der Waals surface area contributed by atoms with Gasteiger partial charge < -0.3 is 9.08 Å². The van der Waals surface area contributed by atoms with Crippen LogP contribution in [0.5, 0.6) is 5.75 Å². The van der Waals surface area contributed by atoms with Crippen LogP contribution in [0.1, 0.15) is 23.2 Å². The number of rotatable bonds is 5. The van der Waals surface area contributed by atoms with Crippen LogP contribution >= 0.6 is 15.9 Å². The van der Waals surface area contributed by atoms with Crippen LogP contribution in [0.4, 0.5) is 0 Å². The lowest BCUT2D eigenvalue weighted by molar-refractivity contribution is 0.0856. The van der Waals surface area contributed by atoms with Gasteiger partial charge in [0.1, 0.15) is 10.6 Å². The lowest BCUT2D eigenvalue weighted by Crippen LogP contribution is -2.33. The zero-order valence-corrected chi connectivity index (χ0v) is 16.8. The van der Waals surface area contributed by atoms with E-state index in [-0.39, 0.29) is 22.3 Å². The Labute approximate surface area is 162 Å². The summed E-state index contributed by atoms with van der Waals surface area (Å²) in [5.41, 5.74) is 0.486. The molecule has 1 heterocycles. The lowest BCUT2D eigenvalue weighted by Gasteiger charge is -2.28. The van der Waals surface area contributed by atoms with Crippen molar-refractivity contribution in [3.8, 4) is 5.75 Å². The number of benzene rings is 2. The third kappa shape index (κ3) is 4.34. The molecule has 5 nitrogen and oxygen atoms in total. The minimum absolute atomic E-state index is 0.0266. The zero-order valence-electron chi connectivity index (χ0n) is 14.4. The number of piperidine rings is 1. The largest absolute Gasteiger partial charge is 0.379 e. The maximum absolute atomic E-state index is 12.7. The predicted molar refractivity (Wildman–Crippen MR) is 103 cm³/mol. The number of hydrogen-bond donors (Lipinski definition) is 0. The van der Waals surface area contributed by atoms with E-state index in [0.717, 1.165) is 25.9 Å². The van der Waals surface area contributed by atoms with Crippen LogP contribution in [0.2, 0.25) is 0 Å². The summed E-state index contributed by atoms with van der Waals surface area (Å²) in [5, 5.41) is 0. The Morgan fingerprint density at radius 2 is 1.81 bits per heavy atom. The van der Waals surface area contributed by atoms with Crippen molar-refractivity contribution < 1.29 is 17.4 Å². The molecule has 0 radical (unpaired) electrons. The molecule has 0 N–H and O–H groups in total. The molecule has 1 aliphatic heterocycles. The van der Waals surface area contributed by atoms with Gasteiger partial charge in [-0.1, -0.05) is 24.3 Å². The molecule has 0 aromatic heterocycles. The van der Waals surface area contributed by atoms with Crippen molar-refractivity contribution in [3.05, 3.63) is 58.6 Å². The third-order valence-corrected chi connectivity index (χ3v) is 6.78. The highest BCUT2D eigenvalue weighted by Crippen LogP contribution is 2.27. The van der Waals surface area contributed by atoms with E-state index in [2.05, 4.69) is 20.8 Å². The fourth-order valence-corrected chi connectivity index (χ4v) is 4.91. The number of ketones is 1. The predicted octanol–water partition coefficient (Wildman–Crippen LogP) is 3.74. The number of carbonyl (C=O) groups is 1. The van der Waals surface area contributed by atoms with Gasteiger partial charge in [-0.2, -0.15) is 8.42 Å². The molecule has 2 aromatic rings. The number of likely N-dealkylation sites (tertiary alicyclic amines) is 1. The van der Waals surface area contributed by atoms with Crippen molar-refractivity contribution in [2.24, 2.45) is 5.92 Å². The molecule has 7 heteroatoms. The maximum atomic E-state index is 12.7. The molecule has 138 valence electrons. The van der Waals surface area contributed by atoms with E-state index in [0.29, 0.717) is 10.0 Å². The van der Waals surface area contributed by atoms with E-state index in [9.17, 15) is 13.2 Å². The smallest absolute Gasteiger partial charge is 0.340 e. The molecule has 0 spiro atoms. The average Bonchev–Trinajstić information content (AvgIpc) is 2.62. The summed E-state index contributed by atoms with van der Waals surface area (Å²) in [7, 11) is -1.94. The Morgan fingerprint density at radius 1 is 1.12 bits per heavy atom. The SMILES string of the molecule is CN1CCC(C(=O)c2cccc(OS(=O)(=O)c3ccccc3Br)c2)CC1. The normalized spacial score (nSPS) is 16.4. The molecular formula is C19H20BrNO4S. The van der Waals surface area contributed by atoms with Crippen LogP contribution in [-0.4, -0.2) is 39.2 Å². The second-order valence-corrected chi connectivity index (χ2v) is 8.81. The van der Waals surface area contributed by atoms with Gasteiger partial charge in [-0.15, -0.1) is 0 Å². The summed E-state index contributed by atoms with van der Waals surface area (Å²) in [4.78, 5) is 15.0. The molecule has 2 aromatic carbocycles. The molecule has 1 aliphatic rings. The summed E-state index contributed by atoms with van der Waals surface area (Å²) < 4.78 is 30.7. The van der Waals surface area contributed by atoms with Crippen LogP contribution in [0, 0.1) is 5.92 Å². The number of Topliss-reactive ketones (excluding diaryl/α,β-unsaturated/α-hetero) is 1. The third-order valence-electron chi connectivity index (χ3n) is 4.52. The first-order valence-corrected chi connectivity index (χ1v) is 10.6. The van der Waals surface area contributed by atoms with E-state index in [1.54, 1.807) is 36.4 Å². The molecule has 3 rings (SSSR count). The van der Waals surface area contributed by atoms with Gasteiger partial charge in [-0.3, -0.25) is 4.79 Å². The van der Waals surface area contributed by atoms with Crippen molar-refractivity contribution >= 4 is 31.8 Å². The zero-order chi connectivity index (χ0) is 18.7. The van der Waals surface area contributed by atoms with E-state index in [4.69, 9.17) is 4.18 Å². The molecule has 1 saturated heterocycles. The van der Waals surface area contributed by atoms with Gasteiger partial charge in [0.15, 0.2) is 5.78 Å². The van der Waals surface area contributed by atoms with Gasteiger partial charge in [-0.25, -0.2) is 0 Å². The first kappa shape index (κ1) is 19.1. The van der Waals surface area contributed by atoms with E-state index >= 15 is 0 Å². The molecule has 0 atom stereocenters. The fourth-order valence-electron chi connectivity index (χ4n) is 3.03. The van der Waals surface area contributed by atoms with E-state index < -0.39 is 10.1 Å². The Balaban J connectivity index is 1.79. The quantitative estimate of drug-likeness (QED) is 0.526. The van der Waals surface area contributed by atoms with Crippen molar-refractivity contribution in [3.63, 3.8) is 0 Å². The van der Waals surface area contributed by atoms with Gasteiger partial charge in [0, 0.05) is 16.0 Å². The molecule has 0 aliphatic carbocycles. The number of carbonyl (C=O) groups excluding carboxylic acids is 1. The summed E-state index contributed by atoms with van der Waals surface area (Å²) in [6.07, 6.45) is 1.63. The van der Waals surface area contributed by atoms with Gasteiger partial charge in [-0.05, 0) is 73.2 Å². The first-order chi connectivity index (χ1) is 12.4. The monoisotopic (exact) mass is 437 g/mol. The van der Waals surface area contributed by atoms with Gasteiger partial charge in [0.05, 0.1) is 0 Å².